The number of hydrogen-bond donors (Lipinski definition) is 3. The maximum atomic E-state index is 12.5. The molecule has 3 N–H and O–H groups in total. The van der Waals surface area contributed by atoms with Gasteiger partial charge in [0.15, 0.2) is 0 Å². The van der Waals surface area contributed by atoms with Crippen LogP contribution in [0.5, 0.6) is 0 Å². The fourth-order valence-electron chi connectivity index (χ4n) is 3.73. The first-order valence-electron chi connectivity index (χ1n) is 9.63. The number of carbonyl (C=O) groups excluding carboxylic acids is 1. The van der Waals surface area contributed by atoms with Gasteiger partial charge in [0.2, 0.25) is 5.91 Å². The first kappa shape index (κ1) is 19.5. The van der Waals surface area contributed by atoms with Gasteiger partial charge in [-0.2, -0.15) is 18.3 Å². The summed E-state index contributed by atoms with van der Waals surface area (Å²) in [5, 5.41) is 9.33. The summed E-state index contributed by atoms with van der Waals surface area (Å²) in [7, 11) is 0. The van der Waals surface area contributed by atoms with Crippen LogP contribution in [-0.4, -0.2) is 32.2 Å². The lowest BCUT2D eigenvalue weighted by molar-refractivity contribution is -0.134. The van der Waals surface area contributed by atoms with Crippen LogP contribution in [0.4, 0.5) is 13.2 Å². The fraction of sp³-hybridized carbons (Fsp3) is 0.450. The minimum absolute atomic E-state index is 0.121. The van der Waals surface area contributed by atoms with E-state index in [1.165, 1.54) is 6.20 Å². The maximum Gasteiger partial charge on any atom is 0.389 e. The van der Waals surface area contributed by atoms with Crippen molar-refractivity contribution in [3.05, 3.63) is 47.5 Å². The van der Waals surface area contributed by atoms with Gasteiger partial charge in [-0.1, -0.05) is 12.1 Å². The molecule has 1 amide bonds. The summed E-state index contributed by atoms with van der Waals surface area (Å²) < 4.78 is 37.4. The van der Waals surface area contributed by atoms with Crippen LogP contribution in [0.1, 0.15) is 55.2 Å². The standard InChI is InChI=1S/C20H22F3N5O/c1-11(14-10-24-28-15(14)6-7-20(21,22)23)25-18(29)9-12-8-13(12)19-26-16-4-2-3-5-17(16)27-19/h2-5,10-13H,6-9H2,1H3,(H,24,28)(H,25,29)(H,26,27)/t11-,12-,13-/m1/s1. The van der Waals surface area contributed by atoms with Crippen LogP contribution in [0.15, 0.2) is 30.5 Å². The molecule has 3 aromatic rings. The molecule has 9 heteroatoms. The number of alkyl halides is 3. The van der Waals surface area contributed by atoms with E-state index in [1.54, 1.807) is 6.92 Å². The zero-order valence-electron chi connectivity index (χ0n) is 15.9. The summed E-state index contributed by atoms with van der Waals surface area (Å²) in [5.74, 6) is 1.24. The van der Waals surface area contributed by atoms with Gasteiger partial charge in [-0.05, 0) is 37.8 Å². The molecule has 0 aliphatic heterocycles. The Balaban J connectivity index is 1.31. The largest absolute Gasteiger partial charge is 0.389 e. The van der Waals surface area contributed by atoms with Crippen molar-refractivity contribution in [3.63, 3.8) is 0 Å². The maximum absolute atomic E-state index is 12.5. The Hall–Kier alpha value is -2.84. The molecule has 1 saturated carbocycles. The SMILES string of the molecule is C[C@@H](NC(=O)C[C@H]1C[C@H]1c1nc2ccccc2[nH]1)c1cn[nH]c1CCC(F)(F)F. The van der Waals surface area contributed by atoms with Gasteiger partial charge in [0.25, 0.3) is 0 Å². The van der Waals surface area contributed by atoms with Gasteiger partial charge in [-0.25, -0.2) is 4.98 Å². The van der Waals surface area contributed by atoms with E-state index in [2.05, 4.69) is 25.5 Å². The molecule has 0 bridgehead atoms. The highest BCUT2D eigenvalue weighted by molar-refractivity contribution is 5.78. The number of aromatic amines is 2. The number of benzene rings is 1. The molecule has 154 valence electrons. The van der Waals surface area contributed by atoms with Gasteiger partial charge in [0, 0.05) is 30.0 Å². The molecule has 3 atom stereocenters. The second-order valence-electron chi connectivity index (χ2n) is 7.65. The molecule has 0 radical (unpaired) electrons. The number of H-pyrrole nitrogens is 2. The van der Waals surface area contributed by atoms with E-state index in [0.29, 0.717) is 17.7 Å². The highest BCUT2D eigenvalue weighted by atomic mass is 19.4. The number of halogens is 3. The molecule has 1 aliphatic carbocycles. The molecular formula is C20H22F3N5O. The van der Waals surface area contributed by atoms with Crippen LogP contribution in [0.25, 0.3) is 11.0 Å². The number of fused-ring (bicyclic) bond motifs is 1. The number of amides is 1. The normalized spacial score (nSPS) is 20.0. The van der Waals surface area contributed by atoms with Gasteiger partial charge in [-0.15, -0.1) is 0 Å². The van der Waals surface area contributed by atoms with Gasteiger partial charge in [0.05, 0.1) is 23.3 Å². The van der Waals surface area contributed by atoms with Crippen LogP contribution < -0.4 is 5.32 Å². The van der Waals surface area contributed by atoms with E-state index < -0.39 is 18.6 Å². The van der Waals surface area contributed by atoms with Gasteiger partial charge in [-0.3, -0.25) is 9.89 Å². The lowest BCUT2D eigenvalue weighted by Gasteiger charge is -2.15. The Morgan fingerprint density at radius 1 is 1.34 bits per heavy atom. The molecule has 2 heterocycles. The number of aromatic nitrogens is 4. The number of rotatable bonds is 7. The average molecular weight is 405 g/mol. The van der Waals surface area contributed by atoms with E-state index >= 15 is 0 Å². The van der Waals surface area contributed by atoms with Gasteiger partial charge < -0.3 is 10.3 Å². The van der Waals surface area contributed by atoms with Gasteiger partial charge in [0.1, 0.15) is 5.82 Å². The van der Waals surface area contributed by atoms with Crippen LogP contribution in [0.3, 0.4) is 0 Å². The van der Waals surface area contributed by atoms with E-state index in [1.807, 2.05) is 24.3 Å². The van der Waals surface area contributed by atoms with Crippen LogP contribution >= 0.6 is 0 Å². The van der Waals surface area contributed by atoms with Gasteiger partial charge >= 0.3 is 6.18 Å². The Morgan fingerprint density at radius 3 is 2.90 bits per heavy atom. The van der Waals surface area contributed by atoms with Crippen LogP contribution in [0, 0.1) is 5.92 Å². The average Bonchev–Trinajstić information content (AvgIpc) is 3.07. The molecule has 0 saturated heterocycles. The van der Waals surface area contributed by atoms with Crippen molar-refractivity contribution in [2.45, 2.75) is 50.7 Å². The molecule has 4 rings (SSSR count). The van der Waals surface area contributed by atoms with Crippen molar-refractivity contribution in [1.29, 1.82) is 0 Å². The van der Waals surface area contributed by atoms with Crippen molar-refractivity contribution in [3.8, 4) is 0 Å². The Bertz CT molecular complexity index is 976. The Morgan fingerprint density at radius 2 is 2.14 bits per heavy atom. The second kappa shape index (κ2) is 7.53. The summed E-state index contributed by atoms with van der Waals surface area (Å²) >= 11 is 0. The topological polar surface area (TPSA) is 86.5 Å². The number of nitrogens with one attached hydrogen (secondary N) is 3. The minimum Gasteiger partial charge on any atom is -0.349 e. The molecule has 0 unspecified atom stereocenters. The number of imidazole rings is 1. The molecule has 1 fully saturated rings. The van der Waals surface area contributed by atoms with Crippen molar-refractivity contribution in [2.24, 2.45) is 5.92 Å². The third-order valence-electron chi connectivity index (χ3n) is 5.38. The fourth-order valence-corrected chi connectivity index (χ4v) is 3.73. The predicted octanol–water partition coefficient (Wildman–Crippen LogP) is 4.15. The molecule has 29 heavy (non-hydrogen) atoms. The zero-order valence-corrected chi connectivity index (χ0v) is 15.9. The summed E-state index contributed by atoms with van der Waals surface area (Å²) in [6.07, 6.45) is -2.61. The first-order chi connectivity index (χ1) is 13.8. The quantitative estimate of drug-likeness (QED) is 0.552. The summed E-state index contributed by atoms with van der Waals surface area (Å²) in [5.41, 5.74) is 2.89. The second-order valence-corrected chi connectivity index (χ2v) is 7.65. The Kier molecular flexibility index (Phi) is 5.06. The number of aryl methyl sites for hydroxylation is 1. The molecular weight excluding hydrogens is 383 g/mol. The van der Waals surface area contributed by atoms with E-state index in [4.69, 9.17) is 0 Å². The lowest BCUT2D eigenvalue weighted by atomic mass is 10.1. The van der Waals surface area contributed by atoms with Crippen LogP contribution in [-0.2, 0) is 11.2 Å². The first-order valence-corrected chi connectivity index (χ1v) is 9.63. The van der Waals surface area contributed by atoms with Crippen molar-refractivity contribution in [2.75, 3.05) is 0 Å². The third-order valence-corrected chi connectivity index (χ3v) is 5.38. The monoisotopic (exact) mass is 405 g/mol. The molecule has 1 aliphatic rings. The summed E-state index contributed by atoms with van der Waals surface area (Å²) in [6, 6.07) is 7.39. The Labute approximate surface area is 165 Å². The highest BCUT2D eigenvalue weighted by Gasteiger charge is 2.42. The number of nitrogens with zero attached hydrogens (tertiary/aromatic N) is 2. The molecule has 0 spiro atoms. The molecule has 1 aromatic carbocycles. The van der Waals surface area contributed by atoms with E-state index in [9.17, 15) is 18.0 Å². The zero-order chi connectivity index (χ0) is 20.6. The smallest absolute Gasteiger partial charge is 0.349 e. The lowest BCUT2D eigenvalue weighted by Crippen LogP contribution is -2.27. The minimum atomic E-state index is -4.23. The number of hydrogen-bond acceptors (Lipinski definition) is 3. The van der Waals surface area contributed by atoms with Crippen molar-refractivity contribution in [1.82, 2.24) is 25.5 Å². The molecule has 6 nitrogen and oxygen atoms in total. The number of carbonyl (C=O) groups is 1. The summed E-state index contributed by atoms with van der Waals surface area (Å²) in [6.45, 7) is 1.75. The van der Waals surface area contributed by atoms with Crippen LogP contribution in [0.2, 0.25) is 0 Å². The van der Waals surface area contributed by atoms with E-state index in [0.717, 1.165) is 23.3 Å². The van der Waals surface area contributed by atoms with Crippen molar-refractivity contribution < 1.29 is 18.0 Å². The molecule has 2 aromatic heterocycles. The summed E-state index contributed by atoms with van der Waals surface area (Å²) in [4.78, 5) is 20.3. The highest BCUT2D eigenvalue weighted by Crippen LogP contribution is 2.48. The third kappa shape index (κ3) is 4.60. The number of para-hydroxylation sites is 2. The predicted molar refractivity (Wildman–Crippen MR) is 101 cm³/mol. The van der Waals surface area contributed by atoms with E-state index in [-0.39, 0.29) is 24.2 Å². The van der Waals surface area contributed by atoms with Crippen molar-refractivity contribution >= 4 is 16.9 Å².